The van der Waals surface area contributed by atoms with Crippen LogP contribution in [-0.2, 0) is 0 Å². The van der Waals surface area contributed by atoms with Crippen molar-refractivity contribution in [3.63, 3.8) is 0 Å². The van der Waals surface area contributed by atoms with Crippen molar-refractivity contribution in [3.05, 3.63) is 39.9 Å². The third kappa shape index (κ3) is 2.36. The Morgan fingerprint density at radius 3 is 2.58 bits per heavy atom. The number of carbonyl (C=O) groups is 1. The van der Waals surface area contributed by atoms with Crippen LogP contribution in [0.4, 0.5) is 10.1 Å². The zero-order valence-corrected chi connectivity index (χ0v) is 13.1. The van der Waals surface area contributed by atoms with E-state index in [9.17, 15) is 14.7 Å². The lowest BCUT2D eigenvalue weighted by Crippen LogP contribution is -2.44. The molecule has 2 N–H and O–H groups in total. The first-order valence-corrected chi connectivity index (χ1v) is 8.14. The highest BCUT2D eigenvalue weighted by Crippen LogP contribution is 2.38. The number of benzene rings is 1. The molecule has 6 nitrogen and oxygen atoms in total. The molecule has 1 saturated heterocycles. The molecule has 2 fully saturated rings. The van der Waals surface area contributed by atoms with Crippen LogP contribution in [-0.4, -0.2) is 41.8 Å². The predicted molar refractivity (Wildman–Crippen MR) is 88.5 cm³/mol. The number of aromatic nitrogens is 1. The predicted octanol–water partition coefficient (Wildman–Crippen LogP) is 1.58. The van der Waals surface area contributed by atoms with Crippen molar-refractivity contribution in [3.8, 4) is 0 Å². The first-order chi connectivity index (χ1) is 11.6. The van der Waals surface area contributed by atoms with E-state index in [-0.39, 0.29) is 22.5 Å². The molecule has 2 aromatic rings. The monoisotopic (exact) mass is 331 g/mol. The Labute approximate surface area is 137 Å². The van der Waals surface area contributed by atoms with E-state index in [1.54, 1.807) is 16.7 Å². The second kappa shape index (κ2) is 5.59. The molecule has 1 aromatic heterocycles. The normalized spacial score (nSPS) is 18.1. The van der Waals surface area contributed by atoms with E-state index in [0.29, 0.717) is 18.8 Å². The number of anilines is 1. The summed E-state index contributed by atoms with van der Waals surface area (Å²) < 4.78 is 16.9. The van der Waals surface area contributed by atoms with Crippen LogP contribution in [0.15, 0.2) is 23.1 Å². The van der Waals surface area contributed by atoms with E-state index in [4.69, 9.17) is 0 Å². The van der Waals surface area contributed by atoms with Gasteiger partial charge >= 0.3 is 5.97 Å². The van der Waals surface area contributed by atoms with E-state index in [0.717, 1.165) is 25.9 Å². The number of piperazine rings is 1. The number of halogens is 1. The number of hydrogen-bond acceptors (Lipinski definition) is 4. The lowest BCUT2D eigenvalue weighted by atomic mass is 10.1. The molecule has 2 aliphatic rings. The third-order valence-electron chi connectivity index (χ3n) is 4.74. The molecule has 0 bridgehead atoms. The van der Waals surface area contributed by atoms with Crippen LogP contribution in [0.2, 0.25) is 0 Å². The molecule has 1 aliphatic carbocycles. The summed E-state index contributed by atoms with van der Waals surface area (Å²) in [6.45, 7) is 2.96. The summed E-state index contributed by atoms with van der Waals surface area (Å²) in [6.07, 6.45) is 3.04. The van der Waals surface area contributed by atoms with E-state index in [1.165, 1.54) is 6.20 Å². The lowest BCUT2D eigenvalue weighted by molar-refractivity contribution is 0.0695. The fourth-order valence-corrected chi connectivity index (χ4v) is 3.34. The maximum absolute atomic E-state index is 15.2. The van der Waals surface area contributed by atoms with Gasteiger partial charge < -0.3 is 19.9 Å². The average Bonchev–Trinajstić information content (AvgIpc) is 3.41. The summed E-state index contributed by atoms with van der Waals surface area (Å²) in [4.78, 5) is 25.7. The van der Waals surface area contributed by atoms with Crippen LogP contribution >= 0.6 is 0 Å². The number of carboxylic acids is 1. The van der Waals surface area contributed by atoms with Crippen molar-refractivity contribution >= 4 is 22.6 Å². The Hall–Kier alpha value is -2.41. The SMILES string of the molecule is O=C(O)c1cn(C2CC2)c2c(F)c(N3CCNCC3)ccc2c1=O. The van der Waals surface area contributed by atoms with Gasteiger partial charge in [0.15, 0.2) is 5.82 Å². The summed E-state index contributed by atoms with van der Waals surface area (Å²) in [7, 11) is 0. The van der Waals surface area contributed by atoms with Crippen molar-refractivity contribution in [1.82, 2.24) is 9.88 Å². The Morgan fingerprint density at radius 1 is 1.25 bits per heavy atom. The van der Waals surface area contributed by atoms with Crippen LogP contribution in [0.1, 0.15) is 29.2 Å². The number of rotatable bonds is 3. The molecule has 0 amide bonds. The highest BCUT2D eigenvalue weighted by Gasteiger charge is 2.29. The molecule has 2 heterocycles. The van der Waals surface area contributed by atoms with Gasteiger partial charge in [-0.3, -0.25) is 4.79 Å². The minimum atomic E-state index is -1.28. The van der Waals surface area contributed by atoms with Gasteiger partial charge in [0.05, 0.1) is 11.2 Å². The molecular formula is C17H18FN3O3. The van der Waals surface area contributed by atoms with Gasteiger partial charge in [-0.1, -0.05) is 0 Å². The molecule has 0 unspecified atom stereocenters. The molecule has 1 aliphatic heterocycles. The lowest BCUT2D eigenvalue weighted by Gasteiger charge is -2.30. The molecule has 126 valence electrons. The number of carboxylic acid groups (broad SMARTS) is 1. The van der Waals surface area contributed by atoms with Crippen molar-refractivity contribution in [2.75, 3.05) is 31.1 Å². The Bertz CT molecular complexity index is 883. The summed E-state index contributed by atoms with van der Waals surface area (Å²) in [5, 5.41) is 12.6. The minimum absolute atomic E-state index is 0.0685. The van der Waals surface area contributed by atoms with Crippen LogP contribution in [0.25, 0.3) is 10.9 Å². The highest BCUT2D eigenvalue weighted by molar-refractivity contribution is 5.93. The Balaban J connectivity index is 1.97. The van der Waals surface area contributed by atoms with Crippen molar-refractivity contribution in [2.45, 2.75) is 18.9 Å². The van der Waals surface area contributed by atoms with E-state index in [1.807, 2.05) is 4.90 Å². The summed E-state index contributed by atoms with van der Waals surface area (Å²) in [5.74, 6) is -1.71. The molecule has 1 aromatic carbocycles. The maximum Gasteiger partial charge on any atom is 0.341 e. The summed E-state index contributed by atoms with van der Waals surface area (Å²) in [5.41, 5.74) is -0.228. The van der Waals surface area contributed by atoms with E-state index >= 15 is 4.39 Å². The van der Waals surface area contributed by atoms with Gasteiger partial charge in [-0.05, 0) is 25.0 Å². The molecule has 1 saturated carbocycles. The van der Waals surface area contributed by atoms with Crippen LogP contribution in [0.3, 0.4) is 0 Å². The largest absolute Gasteiger partial charge is 0.477 e. The quantitative estimate of drug-likeness (QED) is 0.893. The summed E-state index contributed by atoms with van der Waals surface area (Å²) in [6, 6.07) is 3.22. The van der Waals surface area contributed by atoms with Crippen molar-refractivity contribution < 1.29 is 14.3 Å². The number of hydrogen-bond donors (Lipinski definition) is 2. The minimum Gasteiger partial charge on any atom is -0.477 e. The van der Waals surface area contributed by atoms with Crippen LogP contribution < -0.4 is 15.6 Å². The van der Waals surface area contributed by atoms with E-state index < -0.39 is 17.2 Å². The van der Waals surface area contributed by atoms with Gasteiger partial charge in [0, 0.05) is 43.8 Å². The molecule has 4 rings (SSSR count). The number of nitrogens with zero attached hydrogens (tertiary/aromatic N) is 2. The molecule has 7 heteroatoms. The fourth-order valence-electron chi connectivity index (χ4n) is 3.34. The van der Waals surface area contributed by atoms with Gasteiger partial charge in [-0.15, -0.1) is 0 Å². The second-order valence-electron chi connectivity index (χ2n) is 6.35. The number of nitrogens with one attached hydrogen (secondary N) is 1. The average molecular weight is 331 g/mol. The first-order valence-electron chi connectivity index (χ1n) is 8.14. The first kappa shape index (κ1) is 15.1. The number of fused-ring (bicyclic) bond motifs is 1. The van der Waals surface area contributed by atoms with E-state index in [2.05, 4.69) is 5.32 Å². The van der Waals surface area contributed by atoms with Gasteiger partial charge in [-0.2, -0.15) is 0 Å². The van der Waals surface area contributed by atoms with Gasteiger partial charge in [0.2, 0.25) is 5.43 Å². The van der Waals surface area contributed by atoms with Crippen LogP contribution in [0.5, 0.6) is 0 Å². The standard InChI is InChI=1S/C17H18FN3O3/c18-14-13(20-7-5-19-6-8-20)4-3-11-15(14)21(10-1-2-10)9-12(16(11)22)17(23)24/h3-4,9-10,19H,1-2,5-8H2,(H,23,24). The maximum atomic E-state index is 15.2. The highest BCUT2D eigenvalue weighted by atomic mass is 19.1. The fraction of sp³-hybridized carbons (Fsp3) is 0.412. The smallest absolute Gasteiger partial charge is 0.341 e. The molecular weight excluding hydrogens is 313 g/mol. The topological polar surface area (TPSA) is 74.6 Å². The van der Waals surface area contributed by atoms with Gasteiger partial charge in [0.25, 0.3) is 0 Å². The van der Waals surface area contributed by atoms with Gasteiger partial charge in [-0.25, -0.2) is 9.18 Å². The Kier molecular flexibility index (Phi) is 3.53. The second-order valence-corrected chi connectivity index (χ2v) is 6.35. The van der Waals surface area contributed by atoms with Crippen molar-refractivity contribution in [1.29, 1.82) is 0 Å². The zero-order valence-electron chi connectivity index (χ0n) is 13.1. The van der Waals surface area contributed by atoms with Crippen LogP contribution in [0, 0.1) is 5.82 Å². The molecule has 24 heavy (non-hydrogen) atoms. The zero-order chi connectivity index (χ0) is 16.8. The molecule has 0 spiro atoms. The Morgan fingerprint density at radius 2 is 1.96 bits per heavy atom. The summed E-state index contributed by atoms with van der Waals surface area (Å²) >= 11 is 0. The molecule has 0 radical (unpaired) electrons. The number of aromatic carboxylic acids is 1. The third-order valence-corrected chi connectivity index (χ3v) is 4.74. The molecule has 0 atom stereocenters. The van der Waals surface area contributed by atoms with Crippen molar-refractivity contribution in [2.24, 2.45) is 0 Å². The number of pyridine rings is 1. The van der Waals surface area contributed by atoms with Gasteiger partial charge in [0.1, 0.15) is 5.56 Å².